The van der Waals surface area contributed by atoms with Gasteiger partial charge in [0.2, 0.25) is 0 Å². The number of carbonyl (C=O) groups is 1. The zero-order chi connectivity index (χ0) is 13.7. The average Bonchev–Trinajstić information content (AvgIpc) is 2.46. The Labute approximate surface area is 116 Å². The van der Waals surface area contributed by atoms with Crippen molar-refractivity contribution in [3.05, 3.63) is 60.2 Å². The number of hydrogen-bond acceptors (Lipinski definition) is 3. The van der Waals surface area contributed by atoms with E-state index in [9.17, 15) is 9.90 Å². The van der Waals surface area contributed by atoms with Crippen LogP contribution < -0.4 is 5.32 Å². The van der Waals surface area contributed by atoms with E-state index in [1.54, 1.807) is 11.8 Å². The zero-order valence-electron chi connectivity index (χ0n) is 10.5. The van der Waals surface area contributed by atoms with Gasteiger partial charge in [-0.15, -0.1) is 11.8 Å². The quantitative estimate of drug-likeness (QED) is 0.816. The van der Waals surface area contributed by atoms with Gasteiger partial charge in [-0.05, 0) is 36.1 Å². The number of carboxylic acid groups (broad SMARTS) is 1. The third-order valence-corrected chi connectivity index (χ3v) is 3.52. The van der Waals surface area contributed by atoms with Crippen LogP contribution in [0.3, 0.4) is 0 Å². The summed E-state index contributed by atoms with van der Waals surface area (Å²) in [5, 5.41) is 12.4. The molecule has 3 nitrogen and oxygen atoms in total. The summed E-state index contributed by atoms with van der Waals surface area (Å²) >= 11 is 1.63. The van der Waals surface area contributed by atoms with Gasteiger partial charge < -0.3 is 10.4 Å². The van der Waals surface area contributed by atoms with Crippen LogP contribution >= 0.6 is 11.8 Å². The van der Waals surface area contributed by atoms with Crippen LogP contribution in [0.2, 0.25) is 0 Å². The van der Waals surface area contributed by atoms with E-state index in [2.05, 4.69) is 5.32 Å². The van der Waals surface area contributed by atoms with Crippen LogP contribution in [0.4, 0.5) is 5.69 Å². The van der Waals surface area contributed by atoms with Crippen LogP contribution in [0.15, 0.2) is 59.5 Å². The van der Waals surface area contributed by atoms with Gasteiger partial charge in [0.05, 0.1) is 0 Å². The molecule has 0 radical (unpaired) electrons. The lowest BCUT2D eigenvalue weighted by Gasteiger charge is -2.16. The van der Waals surface area contributed by atoms with Crippen molar-refractivity contribution in [2.24, 2.45) is 0 Å². The monoisotopic (exact) mass is 273 g/mol. The second-order valence-corrected chi connectivity index (χ2v) is 4.93. The van der Waals surface area contributed by atoms with Gasteiger partial charge in [0, 0.05) is 10.6 Å². The maximum atomic E-state index is 11.4. The molecule has 0 heterocycles. The van der Waals surface area contributed by atoms with Gasteiger partial charge in [-0.1, -0.05) is 30.3 Å². The average molecular weight is 273 g/mol. The topological polar surface area (TPSA) is 49.3 Å². The molecule has 1 unspecified atom stereocenters. The fourth-order valence-corrected chi connectivity index (χ4v) is 2.19. The molecule has 0 aliphatic rings. The Morgan fingerprint density at radius 1 is 1.11 bits per heavy atom. The Balaban J connectivity index is 2.22. The van der Waals surface area contributed by atoms with Gasteiger partial charge in [0.15, 0.2) is 6.04 Å². The first-order chi connectivity index (χ1) is 9.20. The Morgan fingerprint density at radius 3 is 2.26 bits per heavy atom. The summed E-state index contributed by atoms with van der Waals surface area (Å²) in [5.74, 6) is -0.888. The number of nitrogens with one attached hydrogen (secondary N) is 1. The smallest absolute Gasteiger partial charge is 0.330 e. The van der Waals surface area contributed by atoms with E-state index in [4.69, 9.17) is 0 Å². The molecule has 0 aliphatic carbocycles. The van der Waals surface area contributed by atoms with Gasteiger partial charge >= 0.3 is 5.97 Å². The van der Waals surface area contributed by atoms with Gasteiger partial charge in [0.1, 0.15) is 0 Å². The number of thioether (sulfide) groups is 1. The summed E-state index contributed by atoms with van der Waals surface area (Å²) in [4.78, 5) is 12.5. The molecule has 2 rings (SSSR count). The first-order valence-electron chi connectivity index (χ1n) is 5.89. The number of aliphatic carboxylic acids is 1. The van der Waals surface area contributed by atoms with Crippen LogP contribution in [0, 0.1) is 0 Å². The van der Waals surface area contributed by atoms with Crippen LogP contribution in [0.5, 0.6) is 0 Å². The zero-order valence-corrected chi connectivity index (χ0v) is 11.4. The predicted octanol–water partition coefficient (Wildman–Crippen LogP) is 3.65. The van der Waals surface area contributed by atoms with Crippen molar-refractivity contribution in [2.45, 2.75) is 10.9 Å². The summed E-state index contributed by atoms with van der Waals surface area (Å²) in [7, 11) is 0. The largest absolute Gasteiger partial charge is 0.479 e. The SMILES string of the molecule is CSc1ccc(C(Nc2ccccc2)C(=O)O)cc1. The molecule has 0 aromatic heterocycles. The fraction of sp³-hybridized carbons (Fsp3) is 0.133. The second-order valence-electron chi connectivity index (χ2n) is 4.05. The number of anilines is 1. The summed E-state index contributed by atoms with van der Waals surface area (Å²) in [6, 6.07) is 16.2. The maximum Gasteiger partial charge on any atom is 0.330 e. The first kappa shape index (κ1) is 13.5. The fourth-order valence-electron chi connectivity index (χ4n) is 1.79. The standard InChI is InChI=1S/C15H15NO2S/c1-19-13-9-7-11(8-10-13)14(15(17)18)16-12-5-3-2-4-6-12/h2-10,14,16H,1H3,(H,17,18). The third-order valence-electron chi connectivity index (χ3n) is 2.78. The van der Waals surface area contributed by atoms with Crippen LogP contribution in [-0.4, -0.2) is 17.3 Å². The lowest BCUT2D eigenvalue weighted by Crippen LogP contribution is -2.20. The van der Waals surface area contributed by atoms with Gasteiger partial charge in [-0.25, -0.2) is 4.79 Å². The minimum absolute atomic E-state index is 0.738. The van der Waals surface area contributed by atoms with Gasteiger partial charge in [-0.3, -0.25) is 0 Å². The molecule has 0 saturated heterocycles. The predicted molar refractivity (Wildman–Crippen MR) is 78.7 cm³/mol. The molecule has 0 fully saturated rings. The molecule has 0 saturated carbocycles. The summed E-state index contributed by atoms with van der Waals surface area (Å²) in [6.07, 6.45) is 1.99. The Kier molecular flexibility index (Phi) is 4.47. The van der Waals surface area contributed by atoms with Gasteiger partial charge in [0.25, 0.3) is 0 Å². The van der Waals surface area contributed by atoms with Crippen molar-refractivity contribution in [3.8, 4) is 0 Å². The Hall–Kier alpha value is -1.94. The highest BCUT2D eigenvalue weighted by Crippen LogP contribution is 2.22. The Bertz CT molecular complexity index is 540. The van der Waals surface area contributed by atoms with Crippen LogP contribution in [0.25, 0.3) is 0 Å². The van der Waals surface area contributed by atoms with Crippen LogP contribution in [-0.2, 0) is 4.79 Å². The highest BCUT2D eigenvalue weighted by atomic mass is 32.2. The minimum Gasteiger partial charge on any atom is -0.479 e. The highest BCUT2D eigenvalue weighted by Gasteiger charge is 2.19. The van der Waals surface area contributed by atoms with E-state index in [-0.39, 0.29) is 0 Å². The molecule has 2 N–H and O–H groups in total. The second kappa shape index (κ2) is 6.29. The molecule has 1 atom stereocenters. The van der Waals surface area contributed by atoms with E-state index in [0.717, 1.165) is 16.1 Å². The van der Waals surface area contributed by atoms with E-state index in [0.29, 0.717) is 0 Å². The Morgan fingerprint density at radius 2 is 1.74 bits per heavy atom. The van der Waals surface area contributed by atoms with Crippen molar-refractivity contribution in [3.63, 3.8) is 0 Å². The molecule has 0 amide bonds. The van der Waals surface area contributed by atoms with E-state index in [1.165, 1.54) is 0 Å². The number of benzene rings is 2. The molecule has 19 heavy (non-hydrogen) atoms. The molecule has 0 bridgehead atoms. The van der Waals surface area contributed by atoms with Crippen molar-refractivity contribution in [2.75, 3.05) is 11.6 Å². The minimum atomic E-state index is -0.888. The summed E-state index contributed by atoms with van der Waals surface area (Å²) in [5.41, 5.74) is 1.54. The molecule has 0 aliphatic heterocycles. The van der Waals surface area contributed by atoms with E-state index >= 15 is 0 Å². The van der Waals surface area contributed by atoms with Crippen molar-refractivity contribution >= 4 is 23.4 Å². The maximum absolute atomic E-state index is 11.4. The number of carboxylic acids is 1. The first-order valence-corrected chi connectivity index (χ1v) is 7.11. The molecule has 2 aromatic rings. The molecular formula is C15H15NO2S. The van der Waals surface area contributed by atoms with Crippen LogP contribution in [0.1, 0.15) is 11.6 Å². The molecule has 98 valence electrons. The number of hydrogen-bond donors (Lipinski definition) is 2. The molecule has 2 aromatic carbocycles. The lowest BCUT2D eigenvalue weighted by molar-refractivity contribution is -0.138. The van der Waals surface area contributed by atoms with Crippen molar-refractivity contribution in [1.82, 2.24) is 0 Å². The van der Waals surface area contributed by atoms with E-state index < -0.39 is 12.0 Å². The summed E-state index contributed by atoms with van der Waals surface area (Å²) in [6.45, 7) is 0. The lowest BCUT2D eigenvalue weighted by atomic mass is 10.1. The highest BCUT2D eigenvalue weighted by molar-refractivity contribution is 7.98. The van der Waals surface area contributed by atoms with Crippen molar-refractivity contribution in [1.29, 1.82) is 0 Å². The molecular weight excluding hydrogens is 258 g/mol. The summed E-state index contributed by atoms with van der Waals surface area (Å²) < 4.78 is 0. The van der Waals surface area contributed by atoms with Crippen molar-refractivity contribution < 1.29 is 9.90 Å². The van der Waals surface area contributed by atoms with E-state index in [1.807, 2.05) is 60.9 Å². The number of para-hydroxylation sites is 1. The molecule has 4 heteroatoms. The third kappa shape index (κ3) is 3.51. The number of rotatable bonds is 5. The van der Waals surface area contributed by atoms with Gasteiger partial charge in [-0.2, -0.15) is 0 Å². The normalized spacial score (nSPS) is 11.8. The molecule has 0 spiro atoms.